The van der Waals surface area contributed by atoms with Crippen molar-refractivity contribution in [3.05, 3.63) is 18.2 Å². The molecule has 1 aromatic rings. The number of nitrogens with zero attached hydrogens (tertiary/aromatic N) is 1. The molecule has 0 bridgehead atoms. The van der Waals surface area contributed by atoms with Gasteiger partial charge in [-0.1, -0.05) is 0 Å². The smallest absolute Gasteiger partial charge is 0.241 e. The van der Waals surface area contributed by atoms with E-state index >= 15 is 0 Å². The van der Waals surface area contributed by atoms with Gasteiger partial charge in [0.25, 0.3) is 0 Å². The zero-order valence-electron chi connectivity index (χ0n) is 15.2. The minimum Gasteiger partial charge on any atom is -0.486 e. The lowest BCUT2D eigenvalue weighted by Gasteiger charge is -2.35. The van der Waals surface area contributed by atoms with Gasteiger partial charge in [0, 0.05) is 11.8 Å². The first-order chi connectivity index (χ1) is 12.2. The number of hydrogen-bond donors (Lipinski definition) is 2. The molecule has 1 aromatic carbocycles. The van der Waals surface area contributed by atoms with Crippen LogP contribution in [0.5, 0.6) is 11.5 Å². The van der Waals surface area contributed by atoms with Crippen LogP contribution >= 0.6 is 0 Å². The van der Waals surface area contributed by atoms with Crippen molar-refractivity contribution in [2.75, 3.05) is 45.2 Å². The summed E-state index contributed by atoms with van der Waals surface area (Å²) in [7, 11) is 2.00. The maximum Gasteiger partial charge on any atom is 0.241 e. The minimum absolute atomic E-state index is 0.0327. The standard InChI is InChI=1S/C19H29N3O3/c1-14(22-9-6-15(7-10-22)5-8-20-2)19(23)21-16-3-4-17-18(13-16)25-12-11-24-17/h3-4,13-15,20H,5-12H2,1-2H3,(H,21,23). The molecule has 0 spiro atoms. The largest absolute Gasteiger partial charge is 0.486 e. The van der Waals surface area contributed by atoms with Gasteiger partial charge in [0.2, 0.25) is 5.91 Å². The Bertz CT molecular complexity index is 585. The number of rotatable bonds is 6. The van der Waals surface area contributed by atoms with Gasteiger partial charge in [0.15, 0.2) is 11.5 Å². The van der Waals surface area contributed by atoms with Crippen molar-refractivity contribution in [1.82, 2.24) is 10.2 Å². The lowest BCUT2D eigenvalue weighted by Crippen LogP contribution is -2.46. The predicted octanol–water partition coefficient (Wildman–Crippen LogP) is 2.11. The molecule has 2 N–H and O–H groups in total. The average Bonchev–Trinajstić information content (AvgIpc) is 2.66. The number of fused-ring (bicyclic) bond motifs is 1. The molecule has 2 aliphatic heterocycles. The molecule has 1 saturated heterocycles. The number of carbonyl (C=O) groups is 1. The van der Waals surface area contributed by atoms with Crippen molar-refractivity contribution in [2.24, 2.45) is 5.92 Å². The Balaban J connectivity index is 1.51. The van der Waals surface area contributed by atoms with E-state index in [1.807, 2.05) is 32.2 Å². The van der Waals surface area contributed by atoms with Crippen molar-refractivity contribution in [2.45, 2.75) is 32.2 Å². The first-order valence-electron chi connectivity index (χ1n) is 9.26. The third-order valence-electron chi connectivity index (χ3n) is 5.19. The maximum absolute atomic E-state index is 12.6. The summed E-state index contributed by atoms with van der Waals surface area (Å²) >= 11 is 0. The fourth-order valence-electron chi connectivity index (χ4n) is 3.51. The molecule has 2 heterocycles. The Morgan fingerprint density at radius 2 is 1.96 bits per heavy atom. The quantitative estimate of drug-likeness (QED) is 0.825. The summed E-state index contributed by atoms with van der Waals surface area (Å²) in [6.45, 7) is 6.16. The highest BCUT2D eigenvalue weighted by Gasteiger charge is 2.26. The van der Waals surface area contributed by atoms with E-state index in [4.69, 9.17) is 9.47 Å². The van der Waals surface area contributed by atoms with E-state index in [1.165, 1.54) is 19.3 Å². The van der Waals surface area contributed by atoms with Crippen LogP contribution in [-0.4, -0.2) is 56.7 Å². The molecule has 2 aliphatic rings. The van der Waals surface area contributed by atoms with E-state index in [1.54, 1.807) is 0 Å². The van der Waals surface area contributed by atoms with Crippen LogP contribution in [0.4, 0.5) is 5.69 Å². The average molecular weight is 347 g/mol. The normalized spacial score (nSPS) is 19.4. The summed E-state index contributed by atoms with van der Waals surface area (Å²) in [6, 6.07) is 5.42. The van der Waals surface area contributed by atoms with Crippen LogP contribution in [0.1, 0.15) is 26.2 Å². The first kappa shape index (κ1) is 18.0. The molecule has 1 fully saturated rings. The van der Waals surface area contributed by atoms with Crippen molar-refractivity contribution in [3.63, 3.8) is 0 Å². The molecular weight excluding hydrogens is 318 g/mol. The van der Waals surface area contributed by atoms with Gasteiger partial charge >= 0.3 is 0 Å². The van der Waals surface area contributed by atoms with Crippen LogP contribution in [0.3, 0.4) is 0 Å². The van der Waals surface area contributed by atoms with Crippen LogP contribution < -0.4 is 20.1 Å². The van der Waals surface area contributed by atoms with Gasteiger partial charge in [-0.25, -0.2) is 0 Å². The molecule has 1 atom stereocenters. The van der Waals surface area contributed by atoms with Crippen molar-refractivity contribution >= 4 is 11.6 Å². The number of hydrogen-bond acceptors (Lipinski definition) is 5. The second kappa shape index (κ2) is 8.54. The summed E-state index contributed by atoms with van der Waals surface area (Å²) in [4.78, 5) is 14.9. The van der Waals surface area contributed by atoms with E-state index in [9.17, 15) is 4.79 Å². The fraction of sp³-hybridized carbons (Fsp3) is 0.632. The number of likely N-dealkylation sites (tertiary alicyclic amines) is 1. The van der Waals surface area contributed by atoms with Gasteiger partial charge in [-0.05, 0) is 70.9 Å². The third-order valence-corrected chi connectivity index (χ3v) is 5.19. The lowest BCUT2D eigenvalue weighted by molar-refractivity contribution is -0.121. The van der Waals surface area contributed by atoms with Gasteiger partial charge in [-0.15, -0.1) is 0 Å². The molecule has 6 nitrogen and oxygen atoms in total. The van der Waals surface area contributed by atoms with Crippen LogP contribution in [0, 0.1) is 5.92 Å². The van der Waals surface area contributed by atoms with Gasteiger partial charge < -0.3 is 20.1 Å². The van der Waals surface area contributed by atoms with Crippen LogP contribution in [0.2, 0.25) is 0 Å². The second-order valence-electron chi connectivity index (χ2n) is 6.90. The molecule has 3 rings (SSSR count). The van der Waals surface area contributed by atoms with Crippen LogP contribution in [-0.2, 0) is 4.79 Å². The molecule has 0 saturated carbocycles. The number of amides is 1. The topological polar surface area (TPSA) is 62.8 Å². The Labute approximate surface area is 149 Å². The molecule has 138 valence electrons. The number of benzene rings is 1. The minimum atomic E-state index is -0.126. The summed E-state index contributed by atoms with van der Waals surface area (Å²) in [6.07, 6.45) is 3.56. The highest BCUT2D eigenvalue weighted by atomic mass is 16.6. The van der Waals surface area contributed by atoms with Crippen LogP contribution in [0.25, 0.3) is 0 Å². The Morgan fingerprint density at radius 3 is 2.68 bits per heavy atom. The molecule has 25 heavy (non-hydrogen) atoms. The number of nitrogens with one attached hydrogen (secondary N) is 2. The summed E-state index contributed by atoms with van der Waals surface area (Å²) in [5.74, 6) is 2.24. The Hall–Kier alpha value is -1.79. The number of carbonyl (C=O) groups excluding carboxylic acids is 1. The number of piperidine rings is 1. The second-order valence-corrected chi connectivity index (χ2v) is 6.90. The highest BCUT2D eigenvalue weighted by Crippen LogP contribution is 2.32. The van der Waals surface area contributed by atoms with Crippen LogP contribution in [0.15, 0.2) is 18.2 Å². The maximum atomic E-state index is 12.6. The van der Waals surface area contributed by atoms with Gasteiger partial charge in [0.1, 0.15) is 13.2 Å². The van der Waals surface area contributed by atoms with E-state index in [2.05, 4.69) is 15.5 Å². The van der Waals surface area contributed by atoms with E-state index < -0.39 is 0 Å². The molecule has 0 radical (unpaired) electrons. The molecule has 6 heteroatoms. The fourth-order valence-corrected chi connectivity index (χ4v) is 3.51. The van der Waals surface area contributed by atoms with Gasteiger partial charge in [0.05, 0.1) is 6.04 Å². The van der Waals surface area contributed by atoms with Crippen molar-refractivity contribution < 1.29 is 14.3 Å². The van der Waals surface area contributed by atoms with Crippen molar-refractivity contribution in [1.29, 1.82) is 0 Å². The summed E-state index contributed by atoms with van der Waals surface area (Å²) < 4.78 is 11.1. The number of ether oxygens (including phenoxy) is 2. The highest BCUT2D eigenvalue weighted by molar-refractivity contribution is 5.94. The Morgan fingerprint density at radius 1 is 1.24 bits per heavy atom. The molecule has 0 aliphatic carbocycles. The number of anilines is 1. The zero-order valence-corrected chi connectivity index (χ0v) is 15.2. The first-order valence-corrected chi connectivity index (χ1v) is 9.26. The van der Waals surface area contributed by atoms with Gasteiger partial charge in [-0.2, -0.15) is 0 Å². The Kier molecular flexibility index (Phi) is 6.15. The SMILES string of the molecule is CNCCC1CCN(C(C)C(=O)Nc2ccc3c(c2)OCCO3)CC1. The van der Waals surface area contributed by atoms with Crippen molar-refractivity contribution in [3.8, 4) is 11.5 Å². The monoisotopic (exact) mass is 347 g/mol. The van der Waals surface area contributed by atoms with Gasteiger partial charge in [-0.3, -0.25) is 9.69 Å². The molecular formula is C19H29N3O3. The zero-order chi connectivity index (χ0) is 17.6. The summed E-state index contributed by atoms with van der Waals surface area (Å²) in [5.41, 5.74) is 0.755. The summed E-state index contributed by atoms with van der Waals surface area (Å²) in [5, 5.41) is 6.23. The third kappa shape index (κ3) is 4.64. The van der Waals surface area contributed by atoms with E-state index in [0.29, 0.717) is 19.0 Å². The van der Waals surface area contributed by atoms with E-state index in [-0.39, 0.29) is 11.9 Å². The molecule has 1 amide bonds. The van der Waals surface area contributed by atoms with E-state index in [0.717, 1.165) is 37.0 Å². The molecule has 0 aromatic heterocycles. The molecule has 1 unspecified atom stereocenters. The lowest BCUT2D eigenvalue weighted by atomic mass is 9.93. The predicted molar refractivity (Wildman–Crippen MR) is 98.4 cm³/mol.